The largest absolute Gasteiger partial charge is 0.356 e. The average Bonchev–Trinajstić information content (AvgIpc) is 2.24. The first-order valence-electron chi connectivity index (χ1n) is 5.64. The topological polar surface area (TPSA) is 78.9 Å². The molecule has 1 rings (SSSR count). The van der Waals surface area contributed by atoms with Crippen LogP contribution >= 0.6 is 0 Å². The second kappa shape index (κ2) is 6.41. The zero-order valence-corrected chi connectivity index (χ0v) is 9.04. The highest BCUT2D eigenvalue weighted by molar-refractivity contribution is 5.78. The van der Waals surface area contributed by atoms with Gasteiger partial charge in [-0.3, -0.25) is 4.79 Å². The van der Waals surface area contributed by atoms with Crippen LogP contribution in [-0.4, -0.2) is 18.5 Å². The number of amides is 1. The van der Waals surface area contributed by atoms with Crippen LogP contribution in [0.25, 0.3) is 0 Å². The minimum Gasteiger partial charge on any atom is -0.356 e. The highest BCUT2D eigenvalue weighted by Crippen LogP contribution is 2.22. The van der Waals surface area contributed by atoms with Gasteiger partial charge in [0.05, 0.1) is 6.07 Å². The Bertz CT molecular complexity index is 247. The maximum Gasteiger partial charge on any atom is 0.223 e. The van der Waals surface area contributed by atoms with Crippen molar-refractivity contribution in [3.05, 3.63) is 0 Å². The van der Waals surface area contributed by atoms with Crippen molar-refractivity contribution >= 4 is 5.91 Å². The van der Waals surface area contributed by atoms with E-state index in [1.54, 1.807) is 0 Å². The molecular formula is C11H19N3O. The first-order chi connectivity index (χ1) is 7.24. The predicted octanol–water partition coefficient (Wildman–Crippen LogP) is 0.924. The van der Waals surface area contributed by atoms with Gasteiger partial charge in [-0.25, -0.2) is 0 Å². The molecule has 0 saturated heterocycles. The van der Waals surface area contributed by atoms with Crippen molar-refractivity contribution in [1.29, 1.82) is 5.26 Å². The Labute approximate surface area is 90.8 Å². The number of nitrogens with zero attached hydrogens (tertiary/aromatic N) is 1. The third kappa shape index (κ3) is 4.30. The lowest BCUT2D eigenvalue weighted by atomic mass is 9.85. The van der Waals surface area contributed by atoms with Crippen LogP contribution in [0, 0.1) is 17.2 Å². The van der Waals surface area contributed by atoms with Crippen molar-refractivity contribution in [2.75, 3.05) is 6.54 Å². The zero-order valence-electron chi connectivity index (χ0n) is 9.04. The maximum absolute atomic E-state index is 11.7. The van der Waals surface area contributed by atoms with Crippen LogP contribution in [0.3, 0.4) is 0 Å². The van der Waals surface area contributed by atoms with E-state index in [4.69, 9.17) is 11.0 Å². The van der Waals surface area contributed by atoms with Gasteiger partial charge < -0.3 is 11.1 Å². The van der Waals surface area contributed by atoms with Crippen molar-refractivity contribution in [3.63, 3.8) is 0 Å². The number of nitrogens with one attached hydrogen (secondary N) is 1. The molecule has 3 N–H and O–H groups in total. The van der Waals surface area contributed by atoms with E-state index in [0.29, 0.717) is 13.0 Å². The number of carbonyl (C=O) groups excluding carboxylic acids is 1. The smallest absolute Gasteiger partial charge is 0.223 e. The van der Waals surface area contributed by atoms with E-state index < -0.39 is 0 Å². The molecule has 84 valence electrons. The molecule has 4 nitrogen and oxygen atoms in total. The molecule has 0 heterocycles. The van der Waals surface area contributed by atoms with E-state index in [1.807, 2.05) is 0 Å². The Kier molecular flexibility index (Phi) is 5.13. The number of unbranched alkanes of at least 4 members (excludes halogenated alkanes) is 1. The van der Waals surface area contributed by atoms with Crippen LogP contribution < -0.4 is 11.1 Å². The second-order valence-corrected chi connectivity index (χ2v) is 4.18. The summed E-state index contributed by atoms with van der Waals surface area (Å²) >= 11 is 0. The fraction of sp³-hybridized carbons (Fsp3) is 0.818. The van der Waals surface area contributed by atoms with E-state index in [-0.39, 0.29) is 17.9 Å². The Morgan fingerprint density at radius 2 is 2.33 bits per heavy atom. The molecule has 0 aromatic heterocycles. The molecule has 0 radical (unpaired) electrons. The van der Waals surface area contributed by atoms with Gasteiger partial charge in [0.2, 0.25) is 5.91 Å². The molecule has 2 unspecified atom stereocenters. The standard InChI is InChI=1S/C11H19N3O/c12-6-1-2-7-14-11(15)9-4-3-5-10(13)8-9/h9-10H,1-5,7-8,13H2,(H,14,15). The summed E-state index contributed by atoms with van der Waals surface area (Å²) < 4.78 is 0. The number of nitriles is 1. The van der Waals surface area contributed by atoms with E-state index in [1.165, 1.54) is 0 Å². The minimum atomic E-state index is 0.0934. The van der Waals surface area contributed by atoms with E-state index in [9.17, 15) is 4.79 Å². The summed E-state index contributed by atoms with van der Waals surface area (Å²) in [6.07, 6.45) is 5.10. The van der Waals surface area contributed by atoms with Gasteiger partial charge in [0.15, 0.2) is 0 Å². The molecule has 0 aliphatic heterocycles. The number of rotatable bonds is 4. The molecule has 4 heteroatoms. The fourth-order valence-corrected chi connectivity index (χ4v) is 1.99. The van der Waals surface area contributed by atoms with Gasteiger partial charge in [-0.2, -0.15) is 5.26 Å². The summed E-state index contributed by atoms with van der Waals surface area (Å²) in [5, 5.41) is 11.2. The molecule has 1 aliphatic rings. The molecule has 0 aromatic carbocycles. The Morgan fingerprint density at radius 1 is 1.53 bits per heavy atom. The van der Waals surface area contributed by atoms with E-state index >= 15 is 0 Å². The quantitative estimate of drug-likeness (QED) is 0.676. The van der Waals surface area contributed by atoms with Crippen molar-refractivity contribution in [3.8, 4) is 6.07 Å². The number of hydrogen-bond donors (Lipinski definition) is 2. The molecule has 15 heavy (non-hydrogen) atoms. The first-order valence-corrected chi connectivity index (χ1v) is 5.64. The van der Waals surface area contributed by atoms with Gasteiger partial charge >= 0.3 is 0 Å². The highest BCUT2D eigenvalue weighted by atomic mass is 16.1. The SMILES string of the molecule is N#CCCCNC(=O)C1CCCC(N)C1. The Balaban J connectivity index is 2.18. The third-order valence-electron chi connectivity index (χ3n) is 2.85. The molecule has 0 spiro atoms. The van der Waals surface area contributed by atoms with Crippen LogP contribution in [0.5, 0.6) is 0 Å². The molecule has 1 saturated carbocycles. The highest BCUT2D eigenvalue weighted by Gasteiger charge is 2.24. The average molecular weight is 209 g/mol. The van der Waals surface area contributed by atoms with Crippen LogP contribution in [-0.2, 0) is 4.79 Å². The number of carbonyl (C=O) groups is 1. The summed E-state index contributed by atoms with van der Waals surface area (Å²) in [6.45, 7) is 0.609. The Hall–Kier alpha value is -1.08. The first kappa shape index (κ1) is 12.0. The number of nitrogens with two attached hydrogens (primary N) is 1. The van der Waals surface area contributed by atoms with E-state index in [0.717, 1.165) is 32.1 Å². The van der Waals surface area contributed by atoms with Crippen molar-refractivity contribution in [2.45, 2.75) is 44.6 Å². The molecule has 1 amide bonds. The second-order valence-electron chi connectivity index (χ2n) is 4.18. The molecule has 1 fully saturated rings. The summed E-state index contributed by atoms with van der Waals surface area (Å²) in [5.41, 5.74) is 5.82. The zero-order chi connectivity index (χ0) is 11.1. The molecular weight excluding hydrogens is 190 g/mol. The molecule has 1 aliphatic carbocycles. The normalized spacial score (nSPS) is 25.6. The lowest BCUT2D eigenvalue weighted by Crippen LogP contribution is -2.38. The van der Waals surface area contributed by atoms with Gasteiger partial charge in [-0.1, -0.05) is 6.42 Å². The van der Waals surface area contributed by atoms with Crippen LogP contribution in [0.15, 0.2) is 0 Å². The van der Waals surface area contributed by atoms with Crippen LogP contribution in [0.4, 0.5) is 0 Å². The maximum atomic E-state index is 11.7. The van der Waals surface area contributed by atoms with Crippen molar-refractivity contribution in [2.24, 2.45) is 11.7 Å². The fourth-order valence-electron chi connectivity index (χ4n) is 1.99. The van der Waals surface area contributed by atoms with Crippen molar-refractivity contribution in [1.82, 2.24) is 5.32 Å². The monoisotopic (exact) mass is 209 g/mol. The summed E-state index contributed by atoms with van der Waals surface area (Å²) in [5.74, 6) is 0.207. The summed E-state index contributed by atoms with van der Waals surface area (Å²) in [4.78, 5) is 11.7. The van der Waals surface area contributed by atoms with Crippen molar-refractivity contribution < 1.29 is 4.79 Å². The van der Waals surface area contributed by atoms with E-state index in [2.05, 4.69) is 11.4 Å². The van der Waals surface area contributed by atoms with Crippen LogP contribution in [0.2, 0.25) is 0 Å². The Morgan fingerprint density at radius 3 is 3.00 bits per heavy atom. The molecule has 2 atom stereocenters. The molecule has 0 aromatic rings. The minimum absolute atomic E-state index is 0.0934. The lowest BCUT2D eigenvalue weighted by molar-refractivity contribution is -0.126. The summed E-state index contributed by atoms with van der Waals surface area (Å²) in [7, 11) is 0. The third-order valence-corrected chi connectivity index (χ3v) is 2.85. The van der Waals surface area contributed by atoms with Gasteiger partial charge in [0.1, 0.15) is 0 Å². The van der Waals surface area contributed by atoms with Gasteiger partial charge in [-0.05, 0) is 25.7 Å². The summed E-state index contributed by atoms with van der Waals surface area (Å²) in [6, 6.07) is 2.25. The van der Waals surface area contributed by atoms with Crippen LogP contribution in [0.1, 0.15) is 38.5 Å². The molecule has 0 bridgehead atoms. The predicted molar refractivity (Wildman–Crippen MR) is 57.8 cm³/mol. The van der Waals surface area contributed by atoms with Gasteiger partial charge in [0.25, 0.3) is 0 Å². The number of hydrogen-bond acceptors (Lipinski definition) is 3. The lowest BCUT2D eigenvalue weighted by Gasteiger charge is -2.25. The van der Waals surface area contributed by atoms with Gasteiger partial charge in [0, 0.05) is 24.9 Å². The van der Waals surface area contributed by atoms with Gasteiger partial charge in [-0.15, -0.1) is 0 Å².